The number of benzene rings is 2. The van der Waals surface area contributed by atoms with Crippen LogP contribution in [0.3, 0.4) is 0 Å². The van der Waals surface area contributed by atoms with Crippen molar-refractivity contribution in [2.45, 2.75) is 44.5 Å². The van der Waals surface area contributed by atoms with Crippen molar-refractivity contribution in [2.24, 2.45) is 0 Å². The van der Waals surface area contributed by atoms with E-state index in [1.54, 1.807) is 0 Å². The highest BCUT2D eigenvalue weighted by Crippen LogP contribution is 2.27. The van der Waals surface area contributed by atoms with Crippen LogP contribution in [0.4, 0.5) is 4.79 Å². The monoisotopic (exact) mass is 402 g/mol. The minimum absolute atomic E-state index is 0.187. The van der Waals surface area contributed by atoms with Gasteiger partial charge in [-0.25, -0.2) is 4.79 Å². The zero-order chi connectivity index (χ0) is 17.6. The Balaban J connectivity index is 1.36. The van der Waals surface area contributed by atoms with E-state index in [4.69, 9.17) is 4.74 Å². The first-order valence-electron chi connectivity index (χ1n) is 8.59. The smallest absolute Gasteiger partial charge is 0.407 e. The fraction of sp³-hybridized carbons (Fsp3) is 0.350. The lowest BCUT2D eigenvalue weighted by Gasteiger charge is -2.38. The Morgan fingerprint density at radius 1 is 1.12 bits per heavy atom. The maximum atomic E-state index is 11.9. The van der Waals surface area contributed by atoms with Crippen LogP contribution < -0.4 is 10.6 Å². The minimum Gasteiger partial charge on any atom is -0.445 e. The van der Waals surface area contributed by atoms with Crippen molar-refractivity contribution in [2.75, 3.05) is 0 Å². The van der Waals surface area contributed by atoms with Crippen LogP contribution >= 0.6 is 15.9 Å². The van der Waals surface area contributed by atoms with Crippen LogP contribution in [-0.4, -0.2) is 18.2 Å². The van der Waals surface area contributed by atoms with Gasteiger partial charge < -0.3 is 15.4 Å². The predicted octanol–water partition coefficient (Wildman–Crippen LogP) is 4.56. The second-order valence-electron chi connectivity index (χ2n) is 6.48. The van der Waals surface area contributed by atoms with E-state index in [0.29, 0.717) is 12.6 Å². The lowest BCUT2D eigenvalue weighted by atomic mass is 9.86. The van der Waals surface area contributed by atoms with E-state index < -0.39 is 0 Å². The van der Waals surface area contributed by atoms with Gasteiger partial charge in [0, 0.05) is 22.6 Å². The maximum Gasteiger partial charge on any atom is 0.407 e. The van der Waals surface area contributed by atoms with E-state index in [1.807, 2.05) is 42.5 Å². The molecule has 0 saturated heterocycles. The van der Waals surface area contributed by atoms with Crippen molar-refractivity contribution in [3.63, 3.8) is 0 Å². The largest absolute Gasteiger partial charge is 0.445 e. The average Bonchev–Trinajstić information content (AvgIpc) is 2.59. The molecule has 2 aromatic rings. The number of hydrogen-bond donors (Lipinski definition) is 2. The summed E-state index contributed by atoms with van der Waals surface area (Å²) in [5.41, 5.74) is 2.24. The molecule has 0 bridgehead atoms. The molecule has 1 fully saturated rings. The fourth-order valence-electron chi connectivity index (χ4n) is 3.07. The highest BCUT2D eigenvalue weighted by atomic mass is 79.9. The standard InChI is InChI=1S/C20H23BrN2O2/c1-14(18-9-5-6-10-19(18)21)22-16-11-17(12-16)23-20(24)25-13-15-7-3-2-4-8-15/h2-10,14,16-17,22H,11-13H2,1H3,(H,23,24)/t14-,16?,17?/m1/s1. The topological polar surface area (TPSA) is 50.4 Å². The number of ether oxygens (including phenoxy) is 1. The number of amides is 1. The third kappa shape index (κ3) is 5.06. The lowest BCUT2D eigenvalue weighted by Crippen LogP contribution is -2.52. The first-order valence-corrected chi connectivity index (χ1v) is 9.39. The Morgan fingerprint density at radius 3 is 2.52 bits per heavy atom. The molecule has 25 heavy (non-hydrogen) atoms. The third-order valence-electron chi connectivity index (χ3n) is 4.53. The molecule has 0 spiro atoms. The van der Waals surface area contributed by atoms with Gasteiger partial charge in [0.1, 0.15) is 6.61 Å². The van der Waals surface area contributed by atoms with Crippen LogP contribution in [0.2, 0.25) is 0 Å². The Morgan fingerprint density at radius 2 is 1.80 bits per heavy atom. The van der Waals surface area contributed by atoms with E-state index in [9.17, 15) is 4.79 Å². The van der Waals surface area contributed by atoms with Crippen molar-refractivity contribution in [1.82, 2.24) is 10.6 Å². The van der Waals surface area contributed by atoms with Crippen LogP contribution in [0.5, 0.6) is 0 Å². The summed E-state index contributed by atoms with van der Waals surface area (Å²) in [5, 5.41) is 6.54. The van der Waals surface area contributed by atoms with E-state index in [0.717, 1.165) is 22.9 Å². The van der Waals surface area contributed by atoms with Gasteiger partial charge in [0.15, 0.2) is 0 Å². The summed E-state index contributed by atoms with van der Waals surface area (Å²) in [4.78, 5) is 11.9. The zero-order valence-electron chi connectivity index (χ0n) is 14.2. The molecule has 0 aliphatic heterocycles. The van der Waals surface area contributed by atoms with Gasteiger partial charge in [0.25, 0.3) is 0 Å². The molecule has 1 atom stereocenters. The minimum atomic E-state index is -0.342. The van der Waals surface area contributed by atoms with Crippen LogP contribution in [0.1, 0.15) is 36.9 Å². The van der Waals surface area contributed by atoms with Crippen LogP contribution in [0, 0.1) is 0 Å². The molecule has 132 valence electrons. The van der Waals surface area contributed by atoms with Gasteiger partial charge >= 0.3 is 6.09 Å². The van der Waals surface area contributed by atoms with Crippen molar-refractivity contribution < 1.29 is 9.53 Å². The molecule has 1 saturated carbocycles. The van der Waals surface area contributed by atoms with Gasteiger partial charge in [-0.2, -0.15) is 0 Å². The molecule has 2 N–H and O–H groups in total. The van der Waals surface area contributed by atoms with Crippen molar-refractivity contribution in [1.29, 1.82) is 0 Å². The van der Waals surface area contributed by atoms with Gasteiger partial charge in [0.05, 0.1) is 0 Å². The average molecular weight is 403 g/mol. The summed E-state index contributed by atoms with van der Waals surface area (Å²) in [6.45, 7) is 2.47. The third-order valence-corrected chi connectivity index (χ3v) is 5.25. The van der Waals surface area contributed by atoms with Crippen LogP contribution in [0.15, 0.2) is 59.1 Å². The van der Waals surface area contributed by atoms with E-state index in [-0.39, 0.29) is 18.2 Å². The summed E-state index contributed by atoms with van der Waals surface area (Å²) in [7, 11) is 0. The number of halogens is 1. The van der Waals surface area contributed by atoms with Gasteiger partial charge in [-0.1, -0.05) is 64.5 Å². The number of hydrogen-bond acceptors (Lipinski definition) is 3. The van der Waals surface area contributed by atoms with Crippen molar-refractivity contribution >= 4 is 22.0 Å². The molecule has 1 amide bonds. The summed E-state index contributed by atoms with van der Waals surface area (Å²) in [6, 6.07) is 18.8. The first kappa shape index (κ1) is 18.0. The lowest BCUT2D eigenvalue weighted by molar-refractivity contribution is 0.124. The van der Waals surface area contributed by atoms with E-state index in [1.165, 1.54) is 5.56 Å². The van der Waals surface area contributed by atoms with Gasteiger partial charge in [-0.3, -0.25) is 0 Å². The Kier molecular flexibility index (Phi) is 6.10. The summed E-state index contributed by atoms with van der Waals surface area (Å²) in [6.07, 6.45) is 1.51. The molecule has 3 rings (SSSR count). The molecule has 0 heterocycles. The van der Waals surface area contributed by atoms with Crippen molar-refractivity contribution in [3.05, 3.63) is 70.2 Å². The molecular weight excluding hydrogens is 380 g/mol. The maximum absolute atomic E-state index is 11.9. The summed E-state index contributed by atoms with van der Waals surface area (Å²) >= 11 is 3.59. The predicted molar refractivity (Wildman–Crippen MR) is 102 cm³/mol. The highest BCUT2D eigenvalue weighted by Gasteiger charge is 2.31. The Labute approximate surface area is 157 Å². The molecule has 1 aliphatic rings. The Hall–Kier alpha value is -1.85. The summed E-state index contributed by atoms with van der Waals surface area (Å²) in [5.74, 6) is 0. The van der Waals surface area contributed by atoms with Crippen LogP contribution in [0.25, 0.3) is 0 Å². The first-order chi connectivity index (χ1) is 12.1. The van der Waals surface area contributed by atoms with Gasteiger partial charge in [-0.15, -0.1) is 0 Å². The molecule has 0 radical (unpaired) electrons. The SMILES string of the molecule is C[C@@H](NC1CC(NC(=O)OCc2ccccc2)C1)c1ccccc1Br. The normalized spacial score (nSPS) is 20.4. The van der Waals surface area contributed by atoms with Crippen LogP contribution in [-0.2, 0) is 11.3 Å². The van der Waals surface area contributed by atoms with E-state index in [2.05, 4.69) is 45.6 Å². The van der Waals surface area contributed by atoms with Gasteiger partial charge in [0.2, 0.25) is 0 Å². The molecule has 0 aromatic heterocycles. The number of nitrogens with one attached hydrogen (secondary N) is 2. The molecule has 1 aliphatic carbocycles. The second kappa shape index (κ2) is 8.50. The number of carbonyl (C=O) groups is 1. The molecule has 4 nitrogen and oxygen atoms in total. The molecule has 2 aromatic carbocycles. The van der Waals surface area contributed by atoms with E-state index >= 15 is 0 Å². The quantitative estimate of drug-likeness (QED) is 0.744. The highest BCUT2D eigenvalue weighted by molar-refractivity contribution is 9.10. The molecular formula is C20H23BrN2O2. The number of rotatable bonds is 6. The Bertz CT molecular complexity index is 702. The number of alkyl carbamates (subject to hydrolysis) is 1. The van der Waals surface area contributed by atoms with Crippen molar-refractivity contribution in [3.8, 4) is 0 Å². The zero-order valence-corrected chi connectivity index (χ0v) is 15.8. The fourth-order valence-corrected chi connectivity index (χ4v) is 3.70. The molecule has 5 heteroatoms. The summed E-state index contributed by atoms with van der Waals surface area (Å²) < 4.78 is 6.38. The number of carbonyl (C=O) groups excluding carboxylic acids is 1. The van der Waals surface area contributed by atoms with Gasteiger partial charge in [-0.05, 0) is 37.0 Å². The molecule has 0 unspecified atom stereocenters. The second-order valence-corrected chi connectivity index (χ2v) is 7.34.